The van der Waals surface area contributed by atoms with Crippen molar-refractivity contribution in [2.75, 3.05) is 0 Å². The number of carbonyl (C=O) groups excluding carboxylic acids is 14. The van der Waals surface area contributed by atoms with Gasteiger partial charge in [-0.3, -0.25) is 95.0 Å². The largest absolute Gasteiger partial charge is 4.00 e. The Morgan fingerprint density at radius 1 is 0.0714 bits per heavy atom. The topological polar surface area (TPSA) is 239 Å². The normalized spacial score (nSPS) is 0.571. The summed E-state index contributed by atoms with van der Waals surface area (Å²) in [4.78, 5) is 108. The molecule has 0 rings (SSSR count). The van der Waals surface area contributed by atoms with Crippen molar-refractivity contribution in [2.45, 2.75) is 0 Å². The molecule has 0 aliphatic rings. The van der Waals surface area contributed by atoms with E-state index < -0.39 is 0 Å². The van der Waals surface area contributed by atoms with Crippen LogP contribution < -0.4 is 0 Å². The van der Waals surface area contributed by atoms with Gasteiger partial charge < -0.3 is 275 Å². The summed E-state index contributed by atoms with van der Waals surface area (Å²) < 4.78 is 0. The number of rotatable bonds is 0. The van der Waals surface area contributed by atoms with E-state index in [1.54, 1.807) is 0 Å². The molecule has 0 saturated carbocycles. The van der Waals surface area contributed by atoms with Gasteiger partial charge in [0, 0.05) is 0 Å². The van der Waals surface area contributed by atoms with Crippen LogP contribution in [0.25, 0.3) is 0 Å². The average Bonchev–Trinajstić information content (AvgIpc) is 2.95. The predicted octanol–water partition coefficient (Wildman–Crippen LogP) is 10.4. The molecule has 56 heteroatoms. The van der Waals surface area contributed by atoms with Crippen LogP contribution in [0, 0.1) is 208 Å². The Balaban J connectivity index is -0.000000000249. The minimum absolute atomic E-state index is 0. The van der Waals surface area contributed by atoms with Gasteiger partial charge in [-0.15, -0.1) is 0 Å². The van der Waals surface area contributed by atoms with Crippen LogP contribution in [0.4, 0.5) is 0 Å². The summed E-state index contributed by atoms with van der Waals surface area (Å²) in [6.45, 7) is 45.5. The molecule has 0 aromatic rings. The Morgan fingerprint density at radius 2 is 0.0714 bits per heavy atom. The van der Waals surface area contributed by atoms with E-state index in [9.17, 15) is 0 Å². The SMILES string of the molecule is P.P.P.P.P.P.P.P.P.P.P.P.P.P.P.P.P.P.P.P.P.P.P.P.P.P.P.P.[CH-]=O.[CH-]=O.[CH-]=O.[CH-]=O.[CH-]=O.[CH-]=O.[CH-]=O.[CH-]=O.[CH-]=O.[CH-]=O.[CH-]=O.[CH-]=O.[CH-]=O.[CH-]=O.[CH3-].[CH3-].[CH3-].[CH3-].[CH3-].[CH3-].[CH3-].[CH3-].[CH3-].[CH3-].[CH3-].[CH3-].[CH3-].[CH3-].[CH3-].[CH3-].[CH3-].[CH3-].[CH3-].[CH3-].[CH3-].[CH3-].[CH3-].[CH3-].[CH3-].[CH3-].[CH3-].[CH3-].[Ru+2].[Ru+2].[Ru+2].[Ru+2].[Ru+2].[Ru+2].[Ru+2].[Ru+4].[Ru+4].[Ru+4].[Ru+4].[Ru+4].[Ru+4].[Ru+4]. The van der Waals surface area contributed by atoms with Crippen molar-refractivity contribution in [2.24, 2.45) is 0 Å². The van der Waals surface area contributed by atoms with Crippen molar-refractivity contribution in [1.82, 2.24) is 0 Å². The van der Waals surface area contributed by atoms with Crippen LogP contribution in [0.2, 0.25) is 0 Å². The minimum atomic E-state index is 0. The first-order valence-electron chi connectivity index (χ1n) is 3.30. The summed E-state index contributed by atoms with van der Waals surface area (Å²) in [5.41, 5.74) is 0. The maximum Gasteiger partial charge on any atom is 4.00 e. The molecule has 14 nitrogen and oxygen atoms in total. The molecule has 0 fully saturated rings. The maximum atomic E-state index is 7.75. The molecular weight excluding hydrogens is 3010 g/mol. The Labute approximate surface area is 907 Å². The second kappa shape index (κ2) is 5460. The minimum Gasteiger partial charge on any atom is -0.545 e. The molecule has 28 unspecified atom stereocenters. The summed E-state index contributed by atoms with van der Waals surface area (Å²) in [7, 11) is 0. The van der Waals surface area contributed by atoms with Crippen molar-refractivity contribution in [3.05, 3.63) is 208 Å². The molecule has 0 N–H and O–H groups in total. The van der Waals surface area contributed by atoms with Crippen LogP contribution in [0.1, 0.15) is 0 Å². The Morgan fingerprint density at radius 3 is 0.0714 bits per heavy atom. The van der Waals surface area contributed by atoms with E-state index in [2.05, 4.69) is 95.0 Å². The second-order valence-corrected chi connectivity index (χ2v) is 0. The van der Waals surface area contributed by atoms with Crippen LogP contribution in [-0.2, 0) is 340 Å². The monoisotopic (exact) mass is 3210 g/mol. The van der Waals surface area contributed by atoms with Crippen molar-refractivity contribution in [3.8, 4) is 0 Å². The fourth-order valence-electron chi connectivity index (χ4n) is 0. The molecular formula is C42H182O14P28Ru14. The number of hydrogen-bond donors (Lipinski definition) is 0. The van der Waals surface area contributed by atoms with Gasteiger partial charge in [0.2, 0.25) is 0 Å². The van der Waals surface area contributed by atoms with E-state index >= 15 is 0 Å². The van der Waals surface area contributed by atoms with E-state index in [0.29, 0.717) is 0 Å². The fraction of sp³-hybridized carbons (Fsp3) is 0. The molecule has 0 aromatic heterocycles. The summed E-state index contributed by atoms with van der Waals surface area (Å²) in [5.74, 6) is 0. The maximum absolute atomic E-state index is 7.75. The standard InChI is InChI=1S/14CHO.28CH3.28H3P.14Ru/c14*1-2;;;;;;;;;;;;;;;;;;;;;;;;;;;;;;;;;;;;;;;;;;;;;;;;;;;;;;;;;;;;;;;;;;;;;;/h14*1H;56*1H3;;;;;;;;;;;;;;/q42*-1;;;;;;;;;;;;;;;;;;;;;;;;;;;;;7*+2;7*+4. The third-order valence-corrected chi connectivity index (χ3v) is 0. The van der Waals surface area contributed by atoms with Crippen molar-refractivity contribution < 1.29 is 340 Å². The van der Waals surface area contributed by atoms with Gasteiger partial charge in [-0.05, 0) is 0 Å². The van der Waals surface area contributed by atoms with E-state index in [4.69, 9.17) is 67.1 Å². The van der Waals surface area contributed by atoms with Crippen LogP contribution >= 0.6 is 277 Å². The molecule has 0 aliphatic heterocycles. The van der Waals surface area contributed by atoms with E-state index in [1.807, 2.05) is 0 Å². The third-order valence-electron chi connectivity index (χ3n) is 0. The van der Waals surface area contributed by atoms with Gasteiger partial charge in [0.15, 0.2) is 0 Å². The fourth-order valence-corrected chi connectivity index (χ4v) is 0. The molecule has 98 heavy (non-hydrogen) atoms. The molecule has 686 valence electrons. The van der Waals surface area contributed by atoms with Crippen molar-refractivity contribution >= 4 is 372 Å². The predicted molar refractivity (Wildman–Crippen MR) is 585 cm³/mol. The van der Waals surface area contributed by atoms with E-state index in [-0.39, 0.29) is 758 Å². The van der Waals surface area contributed by atoms with Crippen LogP contribution in [-0.4, -0.2) is 95.0 Å². The zero-order valence-corrected chi connectivity index (χ0v) is 130. The van der Waals surface area contributed by atoms with Gasteiger partial charge in [-0.25, -0.2) is 0 Å². The Bertz CT molecular complexity index is 234. The van der Waals surface area contributed by atoms with E-state index in [0.717, 1.165) is 0 Å². The van der Waals surface area contributed by atoms with Crippen LogP contribution in [0.15, 0.2) is 0 Å². The van der Waals surface area contributed by atoms with Crippen LogP contribution in [0.3, 0.4) is 0 Å². The summed E-state index contributed by atoms with van der Waals surface area (Å²) in [5, 5.41) is 0. The molecule has 0 heterocycles. The molecule has 0 saturated heterocycles. The zero-order chi connectivity index (χ0) is 28.0. The molecule has 28 atom stereocenters. The first kappa shape index (κ1) is 1610. The smallest absolute Gasteiger partial charge is 0.545 e. The molecule has 0 amide bonds. The average molecular weight is 3190 g/mol. The quantitative estimate of drug-likeness (QED) is 0.0949. The molecule has 0 bridgehead atoms. The molecule has 0 radical (unpaired) electrons. The molecule has 0 aliphatic carbocycles. The van der Waals surface area contributed by atoms with Gasteiger partial charge in [0.05, 0.1) is 0 Å². The summed E-state index contributed by atoms with van der Waals surface area (Å²) in [6, 6.07) is 0. The number of hydrogen-bond acceptors (Lipinski definition) is 14. The first-order chi connectivity index (χ1) is 14.0. The van der Waals surface area contributed by atoms with Gasteiger partial charge >= 0.3 is 273 Å². The second-order valence-electron chi connectivity index (χ2n) is 0. The summed E-state index contributed by atoms with van der Waals surface area (Å²) in [6.07, 6.45) is 0. The zero-order valence-electron chi connectivity index (χ0n) is 66.5. The Hall–Kier alpha value is 16.1. The van der Waals surface area contributed by atoms with Crippen molar-refractivity contribution in [3.63, 3.8) is 0 Å². The van der Waals surface area contributed by atoms with Gasteiger partial charge in [-0.1, -0.05) is 0 Å². The Kier molecular flexibility index (Phi) is 89500. The van der Waals surface area contributed by atoms with Crippen molar-refractivity contribution in [1.29, 1.82) is 0 Å². The van der Waals surface area contributed by atoms with E-state index in [1.165, 1.54) is 0 Å². The third kappa shape index (κ3) is 5310. The molecule has 0 spiro atoms. The van der Waals surface area contributed by atoms with Crippen LogP contribution in [0.5, 0.6) is 0 Å². The van der Waals surface area contributed by atoms with Gasteiger partial charge in [-0.2, -0.15) is 277 Å². The first-order valence-corrected chi connectivity index (χ1v) is 3.30. The molecule has 0 aromatic carbocycles. The van der Waals surface area contributed by atoms with Gasteiger partial charge in [0.25, 0.3) is 0 Å². The summed E-state index contributed by atoms with van der Waals surface area (Å²) >= 11 is 0. The van der Waals surface area contributed by atoms with Gasteiger partial charge in [0.1, 0.15) is 0 Å².